The molecule has 0 fully saturated rings. The number of amides is 1. The largest absolute Gasteiger partial charge is 0.417 e. The SMILES string of the molecule is NC(=O)c1cccc(-c2csc(Nc3cncc(C(F)(F)F)c3)n2)c1. The highest BCUT2D eigenvalue weighted by Crippen LogP contribution is 2.32. The van der Waals surface area contributed by atoms with E-state index in [1.54, 1.807) is 29.6 Å². The Morgan fingerprint density at radius 2 is 2.00 bits per heavy atom. The number of carbonyl (C=O) groups is 1. The van der Waals surface area contributed by atoms with Crippen molar-refractivity contribution in [1.82, 2.24) is 9.97 Å². The first-order valence-corrected chi connectivity index (χ1v) is 7.86. The Morgan fingerprint density at radius 1 is 1.20 bits per heavy atom. The Labute approximate surface area is 144 Å². The maximum absolute atomic E-state index is 12.7. The lowest BCUT2D eigenvalue weighted by molar-refractivity contribution is -0.137. The number of nitrogens with one attached hydrogen (secondary N) is 1. The lowest BCUT2D eigenvalue weighted by Gasteiger charge is -2.08. The van der Waals surface area contributed by atoms with E-state index in [1.165, 1.54) is 17.5 Å². The summed E-state index contributed by atoms with van der Waals surface area (Å²) < 4.78 is 38.1. The molecule has 0 saturated heterocycles. The van der Waals surface area contributed by atoms with Crippen molar-refractivity contribution >= 4 is 28.1 Å². The molecule has 0 aliphatic heterocycles. The maximum atomic E-state index is 12.7. The minimum Gasteiger partial charge on any atom is -0.366 e. The van der Waals surface area contributed by atoms with Gasteiger partial charge in [0.05, 0.1) is 23.1 Å². The van der Waals surface area contributed by atoms with Crippen LogP contribution in [0.4, 0.5) is 24.0 Å². The molecule has 0 saturated carbocycles. The topological polar surface area (TPSA) is 80.9 Å². The number of hydrogen-bond donors (Lipinski definition) is 2. The van der Waals surface area contributed by atoms with E-state index in [1.807, 2.05) is 0 Å². The van der Waals surface area contributed by atoms with E-state index in [-0.39, 0.29) is 5.69 Å². The van der Waals surface area contributed by atoms with Gasteiger partial charge in [0.15, 0.2) is 5.13 Å². The Kier molecular flexibility index (Phi) is 4.41. The van der Waals surface area contributed by atoms with Crippen LogP contribution in [0.3, 0.4) is 0 Å². The quantitative estimate of drug-likeness (QED) is 0.731. The second-order valence-electron chi connectivity index (χ2n) is 5.07. The van der Waals surface area contributed by atoms with Gasteiger partial charge in [0.2, 0.25) is 5.91 Å². The van der Waals surface area contributed by atoms with E-state index >= 15 is 0 Å². The first-order chi connectivity index (χ1) is 11.8. The maximum Gasteiger partial charge on any atom is 0.417 e. The fraction of sp³-hybridized carbons (Fsp3) is 0.0625. The van der Waals surface area contributed by atoms with Crippen molar-refractivity contribution in [2.75, 3.05) is 5.32 Å². The summed E-state index contributed by atoms with van der Waals surface area (Å²) in [5, 5.41) is 4.93. The number of anilines is 2. The summed E-state index contributed by atoms with van der Waals surface area (Å²) >= 11 is 1.22. The summed E-state index contributed by atoms with van der Waals surface area (Å²) in [4.78, 5) is 19.1. The summed E-state index contributed by atoms with van der Waals surface area (Å²) in [6, 6.07) is 7.59. The highest BCUT2D eigenvalue weighted by molar-refractivity contribution is 7.14. The van der Waals surface area contributed by atoms with Crippen LogP contribution in [0, 0.1) is 0 Å². The third kappa shape index (κ3) is 3.94. The predicted octanol–water partition coefficient (Wildman–Crippen LogP) is 4.07. The van der Waals surface area contributed by atoms with Gasteiger partial charge in [-0.2, -0.15) is 13.2 Å². The summed E-state index contributed by atoms with van der Waals surface area (Å²) in [6.07, 6.45) is -2.42. The zero-order valence-corrected chi connectivity index (χ0v) is 13.4. The van der Waals surface area contributed by atoms with Crippen molar-refractivity contribution in [2.24, 2.45) is 5.73 Å². The predicted molar refractivity (Wildman–Crippen MR) is 88.6 cm³/mol. The second kappa shape index (κ2) is 6.52. The van der Waals surface area contributed by atoms with Gasteiger partial charge in [-0.1, -0.05) is 12.1 Å². The second-order valence-corrected chi connectivity index (χ2v) is 5.93. The Bertz CT molecular complexity index is 923. The molecule has 0 aliphatic rings. The van der Waals surface area contributed by atoms with Crippen LogP contribution >= 0.6 is 11.3 Å². The number of halogens is 3. The van der Waals surface area contributed by atoms with Gasteiger partial charge in [-0.3, -0.25) is 9.78 Å². The fourth-order valence-electron chi connectivity index (χ4n) is 2.08. The number of carbonyl (C=O) groups excluding carboxylic acids is 1. The van der Waals surface area contributed by atoms with Crippen molar-refractivity contribution in [1.29, 1.82) is 0 Å². The van der Waals surface area contributed by atoms with Crippen LogP contribution in [0.1, 0.15) is 15.9 Å². The van der Waals surface area contributed by atoms with E-state index < -0.39 is 17.6 Å². The van der Waals surface area contributed by atoms with Crippen LogP contribution in [0.25, 0.3) is 11.3 Å². The molecule has 3 N–H and O–H groups in total. The fourth-order valence-corrected chi connectivity index (χ4v) is 2.82. The van der Waals surface area contributed by atoms with Crippen LogP contribution in [-0.4, -0.2) is 15.9 Å². The molecule has 0 bridgehead atoms. The molecule has 0 aliphatic carbocycles. The lowest BCUT2D eigenvalue weighted by atomic mass is 10.1. The molecule has 9 heteroatoms. The number of nitrogens with two attached hydrogens (primary N) is 1. The van der Waals surface area contributed by atoms with E-state index in [0.29, 0.717) is 22.0 Å². The zero-order chi connectivity index (χ0) is 18.0. The molecule has 3 rings (SSSR count). The summed E-state index contributed by atoms with van der Waals surface area (Å²) in [5.74, 6) is -0.550. The molecular weight excluding hydrogens is 353 g/mol. The Morgan fingerprint density at radius 3 is 2.72 bits per heavy atom. The molecule has 2 aromatic heterocycles. The Balaban J connectivity index is 1.83. The van der Waals surface area contributed by atoms with Crippen LogP contribution in [-0.2, 0) is 6.18 Å². The number of nitrogens with zero attached hydrogens (tertiary/aromatic N) is 2. The van der Waals surface area contributed by atoms with Gasteiger partial charge in [0, 0.05) is 22.7 Å². The van der Waals surface area contributed by atoms with Gasteiger partial charge >= 0.3 is 6.18 Å². The number of hydrogen-bond acceptors (Lipinski definition) is 5. The van der Waals surface area contributed by atoms with E-state index in [9.17, 15) is 18.0 Å². The van der Waals surface area contributed by atoms with Gasteiger partial charge in [-0.15, -0.1) is 11.3 Å². The minimum atomic E-state index is -4.46. The molecule has 1 amide bonds. The van der Waals surface area contributed by atoms with Crippen molar-refractivity contribution in [2.45, 2.75) is 6.18 Å². The smallest absolute Gasteiger partial charge is 0.366 e. The molecule has 2 heterocycles. The minimum absolute atomic E-state index is 0.182. The highest BCUT2D eigenvalue weighted by atomic mass is 32.1. The van der Waals surface area contributed by atoms with Gasteiger partial charge < -0.3 is 11.1 Å². The average molecular weight is 364 g/mol. The van der Waals surface area contributed by atoms with Crippen molar-refractivity contribution in [3.05, 3.63) is 59.2 Å². The number of benzene rings is 1. The number of primary amides is 1. The average Bonchev–Trinajstić information content (AvgIpc) is 3.03. The molecule has 0 atom stereocenters. The van der Waals surface area contributed by atoms with Gasteiger partial charge in [-0.25, -0.2) is 4.98 Å². The molecule has 0 unspecified atom stereocenters. The highest BCUT2D eigenvalue weighted by Gasteiger charge is 2.31. The standard InChI is InChI=1S/C16H11F3N4OS/c17-16(18,19)11-5-12(7-21-6-11)22-15-23-13(8-25-15)9-2-1-3-10(4-9)14(20)24/h1-8H,(H2,20,24)(H,22,23). The normalized spacial score (nSPS) is 11.3. The summed E-state index contributed by atoms with van der Waals surface area (Å²) in [7, 11) is 0. The van der Waals surface area contributed by atoms with Gasteiger partial charge in [0.25, 0.3) is 0 Å². The van der Waals surface area contributed by atoms with Gasteiger partial charge in [-0.05, 0) is 18.2 Å². The van der Waals surface area contributed by atoms with E-state index in [2.05, 4.69) is 15.3 Å². The van der Waals surface area contributed by atoms with Crippen LogP contribution in [0.2, 0.25) is 0 Å². The Hall–Kier alpha value is -2.94. The third-order valence-corrected chi connectivity index (χ3v) is 4.02. The van der Waals surface area contributed by atoms with Crippen molar-refractivity contribution in [3.63, 3.8) is 0 Å². The summed E-state index contributed by atoms with van der Waals surface area (Å²) in [6.45, 7) is 0. The monoisotopic (exact) mass is 364 g/mol. The molecule has 3 aromatic rings. The molecule has 128 valence electrons. The van der Waals surface area contributed by atoms with Crippen LogP contribution < -0.4 is 11.1 Å². The van der Waals surface area contributed by atoms with Crippen molar-refractivity contribution in [3.8, 4) is 11.3 Å². The zero-order valence-electron chi connectivity index (χ0n) is 12.5. The molecule has 25 heavy (non-hydrogen) atoms. The van der Waals surface area contributed by atoms with Crippen LogP contribution in [0.5, 0.6) is 0 Å². The molecule has 1 aromatic carbocycles. The van der Waals surface area contributed by atoms with Crippen molar-refractivity contribution < 1.29 is 18.0 Å². The lowest BCUT2D eigenvalue weighted by Crippen LogP contribution is -2.10. The number of aromatic nitrogens is 2. The number of pyridine rings is 1. The molecule has 0 radical (unpaired) electrons. The van der Waals surface area contributed by atoms with E-state index in [4.69, 9.17) is 5.73 Å². The number of rotatable bonds is 4. The molecule has 5 nitrogen and oxygen atoms in total. The first-order valence-electron chi connectivity index (χ1n) is 6.98. The first kappa shape index (κ1) is 16.9. The summed E-state index contributed by atoms with van der Waals surface area (Å²) in [5.41, 5.74) is 6.20. The van der Waals surface area contributed by atoms with Crippen LogP contribution in [0.15, 0.2) is 48.1 Å². The number of thiazole rings is 1. The molecule has 0 spiro atoms. The third-order valence-electron chi connectivity index (χ3n) is 3.26. The number of alkyl halides is 3. The van der Waals surface area contributed by atoms with Gasteiger partial charge in [0.1, 0.15) is 0 Å². The van der Waals surface area contributed by atoms with E-state index in [0.717, 1.165) is 12.3 Å². The molecular formula is C16H11F3N4OS.